The molecule has 1 atom stereocenters. The van der Waals surface area contributed by atoms with Gasteiger partial charge in [-0.2, -0.15) is 0 Å². The van der Waals surface area contributed by atoms with Gasteiger partial charge in [0.15, 0.2) is 0 Å². The van der Waals surface area contributed by atoms with Crippen molar-refractivity contribution in [3.63, 3.8) is 0 Å². The van der Waals surface area contributed by atoms with E-state index in [2.05, 4.69) is 27.5 Å². The molecule has 0 aromatic heterocycles. The van der Waals surface area contributed by atoms with Crippen LogP contribution in [0.1, 0.15) is 12.8 Å². The molecular weight excluding hydrogens is 253 g/mol. The van der Waals surface area contributed by atoms with Gasteiger partial charge in [-0.25, -0.2) is 0 Å². The summed E-state index contributed by atoms with van der Waals surface area (Å²) in [5.74, 6) is 0. The van der Waals surface area contributed by atoms with Gasteiger partial charge in [-0.3, -0.25) is 0 Å². The van der Waals surface area contributed by atoms with Crippen LogP contribution in [0.5, 0.6) is 0 Å². The molecule has 0 aliphatic carbocycles. The first-order valence-corrected chi connectivity index (χ1v) is 5.70. The van der Waals surface area contributed by atoms with Gasteiger partial charge in [0.25, 0.3) is 0 Å². The third-order valence-electron chi connectivity index (χ3n) is 2.17. The molecule has 0 radical (unpaired) electrons. The molecule has 1 saturated heterocycles. The third-order valence-corrected chi connectivity index (χ3v) is 2.93. The summed E-state index contributed by atoms with van der Waals surface area (Å²) in [4.78, 5) is 2.49. The summed E-state index contributed by atoms with van der Waals surface area (Å²) in [6.45, 7) is 3.63. The van der Waals surface area contributed by atoms with Crippen molar-refractivity contribution >= 4 is 22.6 Å². The van der Waals surface area contributed by atoms with Crippen LogP contribution >= 0.6 is 22.6 Å². The van der Waals surface area contributed by atoms with Crippen LogP contribution in [-0.4, -0.2) is 42.2 Å². The predicted molar refractivity (Wildman–Crippen MR) is 55.4 cm³/mol. The first-order chi connectivity index (χ1) is 5.36. The van der Waals surface area contributed by atoms with E-state index in [-0.39, 0.29) is 0 Å². The lowest BCUT2D eigenvalue weighted by atomic mass is 10.3. The zero-order valence-corrected chi connectivity index (χ0v) is 9.21. The molecule has 1 aliphatic heterocycles. The molecule has 11 heavy (non-hydrogen) atoms. The van der Waals surface area contributed by atoms with E-state index in [0.717, 1.165) is 6.54 Å². The standard InChI is InChI=1S/C8H16INO/c1-11-8-3-6-10(7-8)5-2-4-9/h8H,2-7H2,1H3. The van der Waals surface area contributed by atoms with Crippen LogP contribution in [0.15, 0.2) is 0 Å². The number of nitrogens with zero attached hydrogens (tertiary/aromatic N) is 1. The SMILES string of the molecule is COC1CCN(CCCI)C1. The van der Waals surface area contributed by atoms with Gasteiger partial charge in [-0.1, -0.05) is 22.6 Å². The zero-order chi connectivity index (χ0) is 8.10. The highest BCUT2D eigenvalue weighted by atomic mass is 127. The summed E-state index contributed by atoms with van der Waals surface area (Å²) in [6, 6.07) is 0. The lowest BCUT2D eigenvalue weighted by Gasteiger charge is -2.13. The van der Waals surface area contributed by atoms with E-state index in [1.807, 2.05) is 7.11 Å². The summed E-state index contributed by atoms with van der Waals surface area (Å²) >= 11 is 2.43. The molecule has 2 nitrogen and oxygen atoms in total. The van der Waals surface area contributed by atoms with Crippen molar-refractivity contribution in [2.45, 2.75) is 18.9 Å². The second-order valence-corrected chi connectivity index (χ2v) is 4.07. The Balaban J connectivity index is 2.09. The molecule has 0 aromatic carbocycles. The van der Waals surface area contributed by atoms with Crippen LogP contribution in [-0.2, 0) is 4.74 Å². The predicted octanol–water partition coefficient (Wildman–Crippen LogP) is 1.53. The smallest absolute Gasteiger partial charge is 0.0710 e. The van der Waals surface area contributed by atoms with Gasteiger partial charge in [0.05, 0.1) is 6.10 Å². The van der Waals surface area contributed by atoms with Crippen LogP contribution in [0.4, 0.5) is 0 Å². The first kappa shape index (κ1) is 9.74. The van der Waals surface area contributed by atoms with Crippen LogP contribution in [0.3, 0.4) is 0 Å². The number of likely N-dealkylation sites (tertiary alicyclic amines) is 1. The summed E-state index contributed by atoms with van der Waals surface area (Å²) in [5, 5.41) is 0. The molecule has 0 bridgehead atoms. The Morgan fingerprint density at radius 3 is 3.00 bits per heavy atom. The van der Waals surface area contributed by atoms with E-state index < -0.39 is 0 Å². The van der Waals surface area contributed by atoms with Crippen molar-refractivity contribution in [1.29, 1.82) is 0 Å². The molecule has 1 aliphatic rings. The van der Waals surface area contributed by atoms with E-state index in [9.17, 15) is 0 Å². The highest BCUT2D eigenvalue weighted by Crippen LogP contribution is 2.11. The van der Waals surface area contributed by atoms with Crippen LogP contribution in [0.2, 0.25) is 0 Å². The van der Waals surface area contributed by atoms with E-state index in [1.165, 1.54) is 30.4 Å². The van der Waals surface area contributed by atoms with Gasteiger partial charge in [0.2, 0.25) is 0 Å². The molecule has 1 unspecified atom stereocenters. The fourth-order valence-corrected chi connectivity index (χ4v) is 1.82. The van der Waals surface area contributed by atoms with E-state index in [0.29, 0.717) is 6.10 Å². The fourth-order valence-electron chi connectivity index (χ4n) is 1.48. The third kappa shape index (κ3) is 3.25. The van der Waals surface area contributed by atoms with Gasteiger partial charge in [-0.05, 0) is 19.4 Å². The minimum atomic E-state index is 0.504. The number of halogens is 1. The molecule has 66 valence electrons. The average Bonchev–Trinajstić information content (AvgIpc) is 2.48. The van der Waals surface area contributed by atoms with Crippen molar-refractivity contribution in [3.05, 3.63) is 0 Å². The van der Waals surface area contributed by atoms with Gasteiger partial charge < -0.3 is 9.64 Å². The molecule has 0 spiro atoms. The van der Waals surface area contributed by atoms with Gasteiger partial charge in [0, 0.05) is 24.6 Å². The van der Waals surface area contributed by atoms with Crippen LogP contribution in [0.25, 0.3) is 0 Å². The minimum absolute atomic E-state index is 0.504. The van der Waals surface area contributed by atoms with Gasteiger partial charge >= 0.3 is 0 Å². The monoisotopic (exact) mass is 269 g/mol. The average molecular weight is 269 g/mol. The molecule has 1 heterocycles. The van der Waals surface area contributed by atoms with Crippen molar-refractivity contribution in [2.24, 2.45) is 0 Å². The van der Waals surface area contributed by atoms with Gasteiger partial charge in [0.1, 0.15) is 0 Å². The Morgan fingerprint density at radius 1 is 1.64 bits per heavy atom. The van der Waals surface area contributed by atoms with Crippen molar-refractivity contribution < 1.29 is 4.74 Å². The van der Waals surface area contributed by atoms with E-state index in [1.54, 1.807) is 0 Å². The Bertz CT molecular complexity index is 110. The molecule has 3 heteroatoms. The second-order valence-electron chi connectivity index (χ2n) is 2.99. The Kier molecular flexibility index (Phi) is 4.71. The van der Waals surface area contributed by atoms with E-state index in [4.69, 9.17) is 4.74 Å². The molecule has 0 amide bonds. The lowest BCUT2D eigenvalue weighted by molar-refractivity contribution is 0.108. The summed E-state index contributed by atoms with van der Waals surface area (Å²) in [7, 11) is 1.81. The number of hydrogen-bond donors (Lipinski definition) is 0. The van der Waals surface area contributed by atoms with Crippen molar-refractivity contribution in [1.82, 2.24) is 4.90 Å². The molecule has 1 fully saturated rings. The topological polar surface area (TPSA) is 12.5 Å². The highest BCUT2D eigenvalue weighted by molar-refractivity contribution is 14.1. The first-order valence-electron chi connectivity index (χ1n) is 4.18. The Hall–Kier alpha value is 0.650. The summed E-state index contributed by atoms with van der Waals surface area (Å²) < 4.78 is 6.55. The lowest BCUT2D eigenvalue weighted by Crippen LogP contribution is -2.24. The summed E-state index contributed by atoms with van der Waals surface area (Å²) in [6.07, 6.45) is 3.04. The molecule has 0 saturated carbocycles. The van der Waals surface area contributed by atoms with Crippen LogP contribution < -0.4 is 0 Å². The maximum absolute atomic E-state index is 5.28. The Labute approximate surface area is 82.4 Å². The summed E-state index contributed by atoms with van der Waals surface area (Å²) in [5.41, 5.74) is 0. The number of hydrogen-bond acceptors (Lipinski definition) is 2. The molecular formula is C8H16INO. The number of methoxy groups -OCH3 is 1. The fraction of sp³-hybridized carbons (Fsp3) is 1.00. The molecule has 0 N–H and O–H groups in total. The quantitative estimate of drug-likeness (QED) is 0.567. The van der Waals surface area contributed by atoms with Crippen molar-refractivity contribution in [3.8, 4) is 0 Å². The number of rotatable bonds is 4. The maximum Gasteiger partial charge on any atom is 0.0710 e. The molecule has 0 aromatic rings. The zero-order valence-electron chi connectivity index (χ0n) is 7.05. The largest absolute Gasteiger partial charge is 0.380 e. The normalized spacial score (nSPS) is 26.2. The molecule has 1 rings (SSSR count). The second kappa shape index (κ2) is 5.32. The highest BCUT2D eigenvalue weighted by Gasteiger charge is 2.20. The minimum Gasteiger partial charge on any atom is -0.380 e. The van der Waals surface area contributed by atoms with Crippen molar-refractivity contribution in [2.75, 3.05) is 31.2 Å². The number of alkyl halides is 1. The van der Waals surface area contributed by atoms with Gasteiger partial charge in [-0.15, -0.1) is 0 Å². The van der Waals surface area contributed by atoms with Crippen LogP contribution in [0, 0.1) is 0 Å². The number of ether oxygens (including phenoxy) is 1. The van der Waals surface area contributed by atoms with E-state index >= 15 is 0 Å². The Morgan fingerprint density at radius 2 is 2.45 bits per heavy atom. The maximum atomic E-state index is 5.28.